The summed E-state index contributed by atoms with van der Waals surface area (Å²) in [6.07, 6.45) is 1.92. The summed E-state index contributed by atoms with van der Waals surface area (Å²) in [6.45, 7) is 2.02. The molecular formula is C12H9IN2O. The van der Waals surface area contributed by atoms with Crippen LogP contribution in [0.25, 0.3) is 21.8 Å². The van der Waals surface area contributed by atoms with Gasteiger partial charge in [-0.05, 0) is 47.7 Å². The Morgan fingerprint density at radius 1 is 1.12 bits per heavy atom. The van der Waals surface area contributed by atoms with Crippen molar-refractivity contribution >= 4 is 44.4 Å². The van der Waals surface area contributed by atoms with Gasteiger partial charge >= 0.3 is 0 Å². The predicted octanol–water partition coefficient (Wildman–Crippen LogP) is 2.92. The lowest BCUT2D eigenvalue weighted by Gasteiger charge is -1.94. The second-order valence-corrected chi connectivity index (χ2v) is 4.90. The molecule has 0 unspecified atom stereocenters. The van der Waals surface area contributed by atoms with Gasteiger partial charge in [-0.1, -0.05) is 0 Å². The Labute approximate surface area is 105 Å². The number of hydrogen-bond donors (Lipinski definition) is 2. The minimum absolute atomic E-state index is 0.0706. The standard InChI is InChI=1S/C12H9IN2O/c1-6-11-8(4-5-14-6)7-2-3-9(16)10(13)12(7)15-11/h2-5,14-15H,1H3/i13+4. The summed E-state index contributed by atoms with van der Waals surface area (Å²) in [5, 5.41) is 2.26. The fourth-order valence-electron chi connectivity index (χ4n) is 2.02. The largest absolute Gasteiger partial charge is 0.364 e. The molecule has 0 saturated heterocycles. The lowest BCUT2D eigenvalue weighted by atomic mass is 10.2. The Bertz CT molecular complexity index is 755. The van der Waals surface area contributed by atoms with Gasteiger partial charge in [0, 0.05) is 22.7 Å². The molecule has 0 atom stereocenters. The second-order valence-electron chi connectivity index (χ2n) is 3.82. The molecule has 2 heterocycles. The number of nitrogens with one attached hydrogen (secondary N) is 2. The molecule has 0 radical (unpaired) electrons. The van der Waals surface area contributed by atoms with Gasteiger partial charge in [-0.15, -0.1) is 0 Å². The van der Waals surface area contributed by atoms with Crippen LogP contribution in [-0.2, 0) is 0 Å². The van der Waals surface area contributed by atoms with E-state index in [9.17, 15) is 4.79 Å². The fourth-order valence-corrected chi connectivity index (χ4v) is 2.63. The molecule has 0 aliphatic carbocycles. The summed E-state index contributed by atoms with van der Waals surface area (Å²) < 4.78 is 0.755. The van der Waals surface area contributed by atoms with E-state index < -0.39 is 0 Å². The highest BCUT2D eigenvalue weighted by molar-refractivity contribution is 14.1. The topological polar surface area (TPSA) is 48.6 Å². The Morgan fingerprint density at radius 3 is 2.69 bits per heavy atom. The van der Waals surface area contributed by atoms with Crippen molar-refractivity contribution < 1.29 is 0 Å². The normalized spacial score (nSPS) is 11.4. The average molecular weight is 328 g/mol. The van der Waals surface area contributed by atoms with E-state index in [0.717, 1.165) is 31.1 Å². The van der Waals surface area contributed by atoms with E-state index in [1.165, 1.54) is 0 Å². The SMILES string of the molecule is Cc1[nH]ccc2c1[nH]c1c([131I])c(=O)ccc12. The molecule has 16 heavy (non-hydrogen) atoms. The number of benzene rings is 1. The van der Waals surface area contributed by atoms with Crippen LogP contribution in [0.2, 0.25) is 0 Å². The van der Waals surface area contributed by atoms with Crippen molar-refractivity contribution in [1.82, 2.24) is 9.97 Å². The van der Waals surface area contributed by atoms with E-state index in [1.54, 1.807) is 6.07 Å². The van der Waals surface area contributed by atoms with Crippen molar-refractivity contribution in [2.75, 3.05) is 0 Å². The molecule has 2 aromatic heterocycles. The highest BCUT2D eigenvalue weighted by Gasteiger charge is 2.09. The molecule has 0 amide bonds. The lowest BCUT2D eigenvalue weighted by molar-refractivity contribution is 1.22. The monoisotopic (exact) mass is 328 g/mol. The smallest absolute Gasteiger partial charge is 0.194 e. The van der Waals surface area contributed by atoms with Crippen molar-refractivity contribution in [3.05, 3.63) is 43.9 Å². The first-order chi connectivity index (χ1) is 7.68. The van der Waals surface area contributed by atoms with E-state index in [0.29, 0.717) is 0 Å². The number of aromatic amines is 2. The number of fused-ring (bicyclic) bond motifs is 3. The highest BCUT2D eigenvalue weighted by Crippen LogP contribution is 2.27. The number of hydrogen-bond acceptors (Lipinski definition) is 1. The van der Waals surface area contributed by atoms with E-state index in [2.05, 4.69) is 32.6 Å². The fraction of sp³-hybridized carbons (Fsp3) is 0.0833. The van der Waals surface area contributed by atoms with Gasteiger partial charge in [-0.25, -0.2) is 0 Å². The number of H-pyrrole nitrogens is 2. The molecule has 0 saturated carbocycles. The molecule has 1 aromatic carbocycles. The van der Waals surface area contributed by atoms with Gasteiger partial charge in [0.2, 0.25) is 0 Å². The van der Waals surface area contributed by atoms with Crippen molar-refractivity contribution in [2.45, 2.75) is 6.92 Å². The zero-order valence-corrected chi connectivity index (χ0v) is 10.8. The molecular weight excluding hydrogens is 319 g/mol. The maximum Gasteiger partial charge on any atom is 0.194 e. The van der Waals surface area contributed by atoms with Crippen LogP contribution in [0.3, 0.4) is 0 Å². The zero-order valence-electron chi connectivity index (χ0n) is 8.60. The summed E-state index contributed by atoms with van der Waals surface area (Å²) in [7, 11) is 0. The molecule has 3 aromatic rings. The lowest BCUT2D eigenvalue weighted by Crippen LogP contribution is -2.01. The summed E-state index contributed by atoms with van der Waals surface area (Å²) in [6, 6.07) is 5.54. The van der Waals surface area contributed by atoms with Crippen LogP contribution in [0.5, 0.6) is 0 Å². The van der Waals surface area contributed by atoms with Gasteiger partial charge in [0.1, 0.15) is 0 Å². The van der Waals surface area contributed by atoms with Gasteiger partial charge in [-0.3, -0.25) is 4.79 Å². The summed E-state index contributed by atoms with van der Waals surface area (Å²) in [4.78, 5) is 18.0. The first kappa shape index (κ1) is 9.89. The quantitative estimate of drug-likeness (QED) is 0.613. The molecule has 0 aliphatic rings. The zero-order chi connectivity index (χ0) is 11.3. The third kappa shape index (κ3) is 1.22. The molecule has 4 heteroatoms. The maximum absolute atomic E-state index is 11.6. The predicted molar refractivity (Wildman–Crippen MR) is 73.9 cm³/mol. The average Bonchev–Trinajstić information content (AvgIpc) is 2.65. The summed E-state index contributed by atoms with van der Waals surface area (Å²) in [5.74, 6) is 0. The second kappa shape index (κ2) is 3.35. The van der Waals surface area contributed by atoms with Crippen LogP contribution >= 0.6 is 22.6 Å². The molecule has 0 spiro atoms. The third-order valence-corrected chi connectivity index (χ3v) is 3.91. The number of rotatable bonds is 0. The summed E-state index contributed by atoms with van der Waals surface area (Å²) >= 11 is 2.10. The Kier molecular flexibility index (Phi) is 2.07. The molecule has 2 N–H and O–H groups in total. The molecule has 0 bridgehead atoms. The minimum Gasteiger partial charge on any atom is -0.364 e. The van der Waals surface area contributed by atoms with Crippen LogP contribution in [0, 0.1) is 10.5 Å². The minimum atomic E-state index is 0.0706. The molecule has 0 aliphatic heterocycles. The third-order valence-electron chi connectivity index (χ3n) is 2.84. The van der Waals surface area contributed by atoms with Crippen LogP contribution in [0.15, 0.2) is 29.2 Å². The van der Waals surface area contributed by atoms with Crippen LogP contribution < -0.4 is 5.43 Å². The van der Waals surface area contributed by atoms with Crippen molar-refractivity contribution in [1.29, 1.82) is 0 Å². The van der Waals surface area contributed by atoms with Crippen molar-refractivity contribution in [3.63, 3.8) is 0 Å². The summed E-state index contributed by atoms with van der Waals surface area (Å²) in [5.41, 5.74) is 3.16. The Hall–Kier alpha value is -1.30. The van der Waals surface area contributed by atoms with Gasteiger partial charge in [0.25, 0.3) is 0 Å². The van der Waals surface area contributed by atoms with Gasteiger partial charge in [0.15, 0.2) is 5.43 Å². The first-order valence-electron chi connectivity index (χ1n) is 4.96. The number of aryl methyl sites for hydroxylation is 1. The van der Waals surface area contributed by atoms with Crippen LogP contribution in [-0.4, -0.2) is 9.97 Å². The highest BCUT2D eigenvalue weighted by atomic mass is 131. The van der Waals surface area contributed by atoms with E-state index >= 15 is 0 Å². The van der Waals surface area contributed by atoms with E-state index in [1.807, 2.05) is 25.3 Å². The molecule has 80 valence electrons. The van der Waals surface area contributed by atoms with Crippen molar-refractivity contribution in [3.8, 4) is 0 Å². The van der Waals surface area contributed by atoms with Crippen LogP contribution in [0.1, 0.15) is 5.69 Å². The Morgan fingerprint density at radius 2 is 1.88 bits per heavy atom. The van der Waals surface area contributed by atoms with Crippen molar-refractivity contribution in [2.24, 2.45) is 0 Å². The Balaban J connectivity index is 2.66. The molecule has 3 nitrogen and oxygen atoms in total. The number of halogens is 1. The van der Waals surface area contributed by atoms with Gasteiger partial charge in [0.05, 0.1) is 14.6 Å². The van der Waals surface area contributed by atoms with E-state index in [-0.39, 0.29) is 5.43 Å². The van der Waals surface area contributed by atoms with E-state index in [4.69, 9.17) is 0 Å². The number of aromatic nitrogens is 2. The van der Waals surface area contributed by atoms with Gasteiger partial charge in [-0.2, -0.15) is 0 Å². The molecule has 3 rings (SSSR count). The maximum atomic E-state index is 11.6. The van der Waals surface area contributed by atoms with Crippen LogP contribution in [0.4, 0.5) is 0 Å². The molecule has 0 fully saturated rings. The van der Waals surface area contributed by atoms with Gasteiger partial charge < -0.3 is 9.97 Å². The first-order valence-corrected chi connectivity index (χ1v) is 6.04. The number of pyridine rings is 1.